The van der Waals surface area contributed by atoms with E-state index < -0.39 is 0 Å². The van der Waals surface area contributed by atoms with Gasteiger partial charge in [0, 0.05) is 10.6 Å². The summed E-state index contributed by atoms with van der Waals surface area (Å²) in [6.45, 7) is 9.65. The number of aryl methyl sites for hydroxylation is 1. The van der Waals surface area contributed by atoms with Crippen LogP contribution in [0, 0.1) is 6.92 Å². The third-order valence-corrected chi connectivity index (χ3v) is 4.20. The lowest BCUT2D eigenvalue weighted by atomic mass is 9.77. The highest BCUT2D eigenvalue weighted by atomic mass is 35.5. The van der Waals surface area contributed by atoms with Crippen molar-refractivity contribution < 1.29 is 4.74 Å². The van der Waals surface area contributed by atoms with Crippen molar-refractivity contribution in [3.05, 3.63) is 28.8 Å². The van der Waals surface area contributed by atoms with E-state index in [1.54, 1.807) is 0 Å². The van der Waals surface area contributed by atoms with Crippen LogP contribution in [0.5, 0.6) is 5.75 Å². The molecule has 1 fully saturated rings. The van der Waals surface area contributed by atoms with Crippen molar-refractivity contribution >= 4 is 11.6 Å². The molecule has 1 saturated carbocycles. The van der Waals surface area contributed by atoms with E-state index in [4.69, 9.17) is 16.3 Å². The quantitative estimate of drug-likeness (QED) is 0.848. The molecule has 1 aliphatic rings. The Morgan fingerprint density at radius 3 is 2.50 bits per heavy atom. The minimum absolute atomic E-state index is 0.0246. The zero-order valence-electron chi connectivity index (χ0n) is 13.1. The van der Waals surface area contributed by atoms with Crippen molar-refractivity contribution in [3.63, 3.8) is 0 Å². The molecule has 0 atom stereocenters. The average molecular weight is 296 g/mol. The van der Waals surface area contributed by atoms with E-state index in [0.29, 0.717) is 0 Å². The van der Waals surface area contributed by atoms with Gasteiger partial charge in [-0.2, -0.15) is 0 Å². The van der Waals surface area contributed by atoms with Gasteiger partial charge in [-0.25, -0.2) is 0 Å². The third-order valence-electron chi connectivity index (χ3n) is 3.96. The first-order chi connectivity index (χ1) is 9.30. The molecule has 0 spiro atoms. The van der Waals surface area contributed by atoms with Gasteiger partial charge in [-0.1, -0.05) is 11.6 Å². The van der Waals surface area contributed by atoms with Gasteiger partial charge in [0.1, 0.15) is 11.4 Å². The predicted octanol–water partition coefficient (Wildman–Crippen LogP) is 4.73. The highest BCUT2D eigenvalue weighted by Gasteiger charge is 2.39. The van der Waals surface area contributed by atoms with E-state index in [0.717, 1.165) is 42.1 Å². The Kier molecular flexibility index (Phi) is 4.66. The number of halogens is 1. The SMILES string of the molecule is Cc1cc(Cl)ccc1OC1(CCNC(C)(C)C)CCC1. The van der Waals surface area contributed by atoms with E-state index in [9.17, 15) is 0 Å². The molecule has 0 unspecified atom stereocenters. The highest BCUT2D eigenvalue weighted by molar-refractivity contribution is 6.30. The van der Waals surface area contributed by atoms with E-state index in [2.05, 4.69) is 33.0 Å². The van der Waals surface area contributed by atoms with Crippen molar-refractivity contribution in [2.45, 2.75) is 64.5 Å². The molecule has 1 aliphatic carbocycles. The zero-order chi connectivity index (χ0) is 14.8. The molecule has 3 heteroatoms. The lowest BCUT2D eigenvalue weighted by molar-refractivity contribution is -0.0157. The lowest BCUT2D eigenvalue weighted by Crippen LogP contribution is -2.47. The smallest absolute Gasteiger partial charge is 0.123 e. The standard InChI is InChI=1S/C17H26ClNO/c1-13-12-14(18)6-7-15(13)20-17(8-5-9-17)10-11-19-16(2,3)4/h6-7,12,19H,5,8-11H2,1-4H3. The van der Waals surface area contributed by atoms with Crippen LogP contribution >= 0.6 is 11.6 Å². The van der Waals surface area contributed by atoms with Crippen LogP contribution in [0.15, 0.2) is 18.2 Å². The van der Waals surface area contributed by atoms with Gasteiger partial charge in [-0.15, -0.1) is 0 Å². The van der Waals surface area contributed by atoms with Gasteiger partial charge in [-0.05, 0) is 83.7 Å². The van der Waals surface area contributed by atoms with E-state index in [-0.39, 0.29) is 11.1 Å². The topological polar surface area (TPSA) is 21.3 Å². The number of hydrogen-bond donors (Lipinski definition) is 1. The minimum Gasteiger partial charge on any atom is -0.487 e. The summed E-state index contributed by atoms with van der Waals surface area (Å²) in [5.41, 5.74) is 1.31. The maximum Gasteiger partial charge on any atom is 0.123 e. The van der Waals surface area contributed by atoms with Crippen molar-refractivity contribution in [3.8, 4) is 5.75 Å². The molecule has 0 saturated heterocycles. The second-order valence-electron chi connectivity index (χ2n) is 6.98. The van der Waals surface area contributed by atoms with Crippen LogP contribution in [-0.4, -0.2) is 17.7 Å². The molecule has 0 amide bonds. The van der Waals surface area contributed by atoms with Gasteiger partial charge < -0.3 is 10.1 Å². The molecule has 0 aliphatic heterocycles. The van der Waals surface area contributed by atoms with Crippen molar-refractivity contribution in [2.24, 2.45) is 0 Å². The molecule has 20 heavy (non-hydrogen) atoms. The first-order valence-electron chi connectivity index (χ1n) is 7.50. The molecule has 1 aromatic rings. The largest absolute Gasteiger partial charge is 0.487 e. The van der Waals surface area contributed by atoms with Crippen LogP contribution in [0.1, 0.15) is 52.0 Å². The van der Waals surface area contributed by atoms with E-state index in [1.807, 2.05) is 18.2 Å². The van der Waals surface area contributed by atoms with E-state index in [1.165, 1.54) is 6.42 Å². The molecule has 0 aromatic heterocycles. The Balaban J connectivity index is 1.97. The van der Waals surface area contributed by atoms with E-state index >= 15 is 0 Å². The summed E-state index contributed by atoms with van der Waals surface area (Å²) < 4.78 is 6.34. The first-order valence-corrected chi connectivity index (χ1v) is 7.88. The minimum atomic E-state index is 0.0246. The Labute approximate surface area is 127 Å². The third kappa shape index (κ3) is 4.13. The number of hydrogen-bond acceptors (Lipinski definition) is 2. The van der Waals surface area contributed by atoms with Gasteiger partial charge in [0.15, 0.2) is 0 Å². The zero-order valence-corrected chi connectivity index (χ0v) is 13.8. The molecular weight excluding hydrogens is 270 g/mol. The molecule has 1 aromatic carbocycles. The van der Waals surface area contributed by atoms with Crippen LogP contribution in [-0.2, 0) is 0 Å². The fourth-order valence-corrected chi connectivity index (χ4v) is 2.83. The van der Waals surface area contributed by atoms with Gasteiger partial charge in [0.25, 0.3) is 0 Å². The molecule has 1 N–H and O–H groups in total. The molecule has 2 rings (SSSR count). The predicted molar refractivity (Wildman–Crippen MR) is 85.8 cm³/mol. The van der Waals surface area contributed by atoms with Gasteiger partial charge in [-0.3, -0.25) is 0 Å². The summed E-state index contributed by atoms with van der Waals surface area (Å²) >= 11 is 6.00. The first kappa shape index (κ1) is 15.7. The summed E-state index contributed by atoms with van der Waals surface area (Å²) in [6.07, 6.45) is 4.64. The number of ether oxygens (including phenoxy) is 1. The van der Waals surface area contributed by atoms with Crippen molar-refractivity contribution in [1.29, 1.82) is 0 Å². The maximum atomic E-state index is 6.34. The number of rotatable bonds is 5. The summed E-state index contributed by atoms with van der Waals surface area (Å²) in [5, 5.41) is 4.32. The summed E-state index contributed by atoms with van der Waals surface area (Å²) in [6, 6.07) is 5.87. The van der Waals surface area contributed by atoms with Gasteiger partial charge >= 0.3 is 0 Å². The monoisotopic (exact) mass is 295 g/mol. The fraction of sp³-hybridized carbons (Fsp3) is 0.647. The summed E-state index contributed by atoms with van der Waals surface area (Å²) in [4.78, 5) is 0. The lowest BCUT2D eigenvalue weighted by Gasteiger charge is -2.43. The molecule has 0 bridgehead atoms. The molecular formula is C17H26ClNO. The fourth-order valence-electron chi connectivity index (χ4n) is 2.60. The maximum absolute atomic E-state index is 6.34. The highest BCUT2D eigenvalue weighted by Crippen LogP contribution is 2.40. The van der Waals surface area contributed by atoms with Crippen molar-refractivity contribution in [1.82, 2.24) is 5.32 Å². The van der Waals surface area contributed by atoms with Crippen molar-refractivity contribution in [2.75, 3.05) is 6.54 Å². The molecule has 2 nitrogen and oxygen atoms in total. The van der Waals surface area contributed by atoms with Crippen LogP contribution in [0.4, 0.5) is 0 Å². The summed E-state index contributed by atoms with van der Waals surface area (Å²) in [7, 11) is 0. The molecule has 112 valence electrons. The summed E-state index contributed by atoms with van der Waals surface area (Å²) in [5.74, 6) is 0.977. The van der Waals surface area contributed by atoms with Crippen LogP contribution in [0.2, 0.25) is 5.02 Å². The van der Waals surface area contributed by atoms with Crippen LogP contribution in [0.3, 0.4) is 0 Å². The van der Waals surface area contributed by atoms with Gasteiger partial charge in [0.2, 0.25) is 0 Å². The molecule has 0 radical (unpaired) electrons. The molecule has 0 heterocycles. The number of nitrogens with one attached hydrogen (secondary N) is 1. The Hall–Kier alpha value is -0.730. The Bertz CT molecular complexity index is 461. The van der Waals surface area contributed by atoms with Gasteiger partial charge in [0.05, 0.1) is 0 Å². The Morgan fingerprint density at radius 1 is 1.30 bits per heavy atom. The van der Waals surface area contributed by atoms with Crippen LogP contribution < -0.4 is 10.1 Å². The normalized spacial score (nSPS) is 17.6. The average Bonchev–Trinajstić information content (AvgIpc) is 2.27. The second-order valence-corrected chi connectivity index (χ2v) is 7.41. The Morgan fingerprint density at radius 2 is 2.00 bits per heavy atom. The van der Waals surface area contributed by atoms with Crippen LogP contribution in [0.25, 0.3) is 0 Å². The number of benzene rings is 1. The second kappa shape index (κ2) is 5.95.